The lowest BCUT2D eigenvalue weighted by Crippen LogP contribution is -2.75. The quantitative estimate of drug-likeness (QED) is 0.107. The number of benzene rings is 10. The summed E-state index contributed by atoms with van der Waals surface area (Å²) < 4.78 is 5.05. The van der Waals surface area contributed by atoms with E-state index in [2.05, 4.69) is 264 Å². The van der Waals surface area contributed by atoms with E-state index in [1.807, 2.05) is 0 Å². The molecule has 0 saturated heterocycles. The highest BCUT2D eigenvalue weighted by Crippen LogP contribution is 2.42. The molecule has 0 amide bonds. The minimum atomic E-state index is -2.97. The Morgan fingerprint density at radius 1 is 0.270 bits per heavy atom. The molecule has 0 aliphatic rings. The molecular weight excluding hydrogens is 777 g/mol. The van der Waals surface area contributed by atoms with E-state index in [0.29, 0.717) is 0 Å². The molecule has 0 saturated carbocycles. The Morgan fingerprint density at radius 2 is 0.698 bits per heavy atom. The van der Waals surface area contributed by atoms with Crippen molar-refractivity contribution in [3.63, 3.8) is 0 Å². The van der Waals surface area contributed by atoms with Crippen LogP contribution in [0, 0.1) is 0 Å². The summed E-state index contributed by atoms with van der Waals surface area (Å²) in [4.78, 5) is 0. The zero-order valence-electron chi connectivity index (χ0n) is 34.6. The monoisotopic (exact) mass is 818 g/mol. The molecule has 2 nitrogen and oxygen atoms in total. The summed E-state index contributed by atoms with van der Waals surface area (Å²) in [5, 5.41) is 10.4. The first kappa shape index (κ1) is 36.8. The number of nitrogens with zero attached hydrogens (tertiary/aromatic N) is 2. The van der Waals surface area contributed by atoms with E-state index < -0.39 is 8.07 Å². The van der Waals surface area contributed by atoms with Crippen LogP contribution in [0.2, 0.25) is 0 Å². The second kappa shape index (κ2) is 15.2. The molecule has 12 aromatic rings. The van der Waals surface area contributed by atoms with Gasteiger partial charge in [-0.15, -0.1) is 0 Å². The van der Waals surface area contributed by atoms with Crippen molar-refractivity contribution in [1.82, 2.24) is 9.13 Å². The van der Waals surface area contributed by atoms with Crippen LogP contribution in [0.1, 0.15) is 0 Å². The summed E-state index contributed by atoms with van der Waals surface area (Å²) in [5.41, 5.74) is 11.8. The zero-order valence-corrected chi connectivity index (χ0v) is 35.6. The molecule has 0 fully saturated rings. The van der Waals surface area contributed by atoms with E-state index in [1.165, 1.54) is 86.6 Å². The molecule has 63 heavy (non-hydrogen) atoms. The Balaban J connectivity index is 1.25. The van der Waals surface area contributed by atoms with Crippen LogP contribution in [-0.4, -0.2) is 17.2 Å². The van der Waals surface area contributed by atoms with Gasteiger partial charge in [-0.3, -0.25) is 0 Å². The molecule has 0 atom stereocenters. The van der Waals surface area contributed by atoms with Gasteiger partial charge in [0.2, 0.25) is 0 Å². The molecule has 3 heteroatoms. The van der Waals surface area contributed by atoms with E-state index in [1.54, 1.807) is 0 Å². The summed E-state index contributed by atoms with van der Waals surface area (Å²) in [7, 11) is -2.97. The van der Waals surface area contributed by atoms with Crippen LogP contribution in [0.25, 0.3) is 77.2 Å². The number of fused-ring (bicyclic) bond motifs is 6. The highest BCUT2D eigenvalue weighted by atomic mass is 28.3. The van der Waals surface area contributed by atoms with Gasteiger partial charge in [0, 0.05) is 27.1 Å². The van der Waals surface area contributed by atoms with Crippen LogP contribution in [0.3, 0.4) is 0 Å². The smallest absolute Gasteiger partial charge is 0.180 e. The number of para-hydroxylation sites is 4. The first-order chi connectivity index (χ1) is 31.3. The maximum atomic E-state index is 2.58. The van der Waals surface area contributed by atoms with Gasteiger partial charge in [-0.05, 0) is 67.8 Å². The van der Waals surface area contributed by atoms with Crippen molar-refractivity contribution >= 4 is 72.4 Å². The Labute approximate surface area is 368 Å². The molecule has 2 aromatic heterocycles. The van der Waals surface area contributed by atoms with Crippen molar-refractivity contribution < 1.29 is 0 Å². The molecule has 0 unspecified atom stereocenters. The molecule has 0 N–H and O–H groups in total. The number of rotatable bonds is 8. The van der Waals surface area contributed by atoms with E-state index in [4.69, 9.17) is 0 Å². The van der Waals surface area contributed by atoms with Crippen molar-refractivity contribution in [2.45, 2.75) is 0 Å². The van der Waals surface area contributed by atoms with Crippen LogP contribution in [0.4, 0.5) is 0 Å². The molecule has 0 aliphatic carbocycles. The van der Waals surface area contributed by atoms with Gasteiger partial charge in [0.25, 0.3) is 0 Å². The first-order valence-corrected chi connectivity index (χ1v) is 23.8. The van der Waals surface area contributed by atoms with Gasteiger partial charge in [0.1, 0.15) is 0 Å². The Hall–Kier alpha value is -7.98. The van der Waals surface area contributed by atoms with Crippen molar-refractivity contribution in [1.29, 1.82) is 0 Å². The third-order valence-corrected chi connectivity index (χ3v) is 17.9. The molecule has 296 valence electrons. The minimum Gasteiger partial charge on any atom is -0.307 e. The average Bonchev–Trinajstić information content (AvgIpc) is 3.88. The fraction of sp³-hybridized carbons (Fsp3) is 0. The van der Waals surface area contributed by atoms with E-state index >= 15 is 0 Å². The lowest BCUT2D eigenvalue weighted by molar-refractivity contribution is 1.13. The predicted octanol–water partition coefficient (Wildman–Crippen LogP) is 12.6. The van der Waals surface area contributed by atoms with Crippen LogP contribution < -0.4 is 20.7 Å². The molecular formula is C60H42N2Si. The molecule has 10 aromatic carbocycles. The summed E-state index contributed by atoms with van der Waals surface area (Å²) in [6.45, 7) is 0. The molecule has 0 spiro atoms. The summed E-state index contributed by atoms with van der Waals surface area (Å²) >= 11 is 0. The second-order valence-corrected chi connectivity index (χ2v) is 20.2. The van der Waals surface area contributed by atoms with Crippen LogP contribution in [-0.2, 0) is 0 Å². The maximum absolute atomic E-state index is 2.97. The number of hydrogen-bond acceptors (Lipinski definition) is 0. The van der Waals surface area contributed by atoms with E-state index in [0.717, 1.165) is 11.4 Å². The molecule has 0 bridgehead atoms. The number of hydrogen-bond donors (Lipinski definition) is 0. The average molecular weight is 819 g/mol. The SMILES string of the molecule is c1ccc(-c2ccccc2-n2c3ccccc3c3cccc(-n4c5ccccc5c5cc([Si](c6ccccc6)(c6ccccc6)c6ccccc6)c(-c6ccccc6)cc54)c32)cc1. The zero-order chi connectivity index (χ0) is 41.7. The Morgan fingerprint density at radius 3 is 1.29 bits per heavy atom. The third kappa shape index (κ3) is 5.78. The van der Waals surface area contributed by atoms with Crippen molar-refractivity contribution in [2.24, 2.45) is 0 Å². The number of aromatic nitrogens is 2. The van der Waals surface area contributed by atoms with Crippen LogP contribution >= 0.6 is 0 Å². The largest absolute Gasteiger partial charge is 0.307 e. The van der Waals surface area contributed by atoms with Gasteiger partial charge in [-0.25, -0.2) is 0 Å². The van der Waals surface area contributed by atoms with Crippen LogP contribution in [0.5, 0.6) is 0 Å². The van der Waals surface area contributed by atoms with Gasteiger partial charge >= 0.3 is 0 Å². The van der Waals surface area contributed by atoms with Gasteiger partial charge < -0.3 is 9.13 Å². The lowest BCUT2D eigenvalue weighted by atomic mass is 10.0. The molecule has 12 rings (SSSR count). The standard InChI is InChI=1S/C60H42N2Si/c1-6-23-43(24-7-1)48-33-16-19-37-54(48)62-56-39-21-17-34-49(56)51-36-22-40-57(60(51)62)61-55-38-20-18-35-50(55)53-42-59(52(41-58(53)61)44-25-8-2-9-26-44)63(45-27-10-3-11-28-45,46-29-12-4-13-30-46)47-31-14-5-15-32-47/h1-42H. The summed E-state index contributed by atoms with van der Waals surface area (Å²) in [5.74, 6) is 0. The lowest BCUT2D eigenvalue weighted by Gasteiger charge is -2.36. The van der Waals surface area contributed by atoms with E-state index in [9.17, 15) is 0 Å². The normalized spacial score (nSPS) is 11.8. The molecule has 0 aliphatic heterocycles. The summed E-state index contributed by atoms with van der Waals surface area (Å²) in [6.07, 6.45) is 0. The maximum Gasteiger partial charge on any atom is 0.180 e. The summed E-state index contributed by atoms with van der Waals surface area (Å²) in [6, 6.07) is 94.4. The fourth-order valence-electron chi connectivity index (χ4n) is 10.4. The van der Waals surface area contributed by atoms with E-state index in [-0.39, 0.29) is 0 Å². The fourth-order valence-corrected chi connectivity index (χ4v) is 15.4. The highest BCUT2D eigenvalue weighted by molar-refractivity contribution is 7.20. The van der Waals surface area contributed by atoms with Gasteiger partial charge in [0.05, 0.1) is 33.4 Å². The first-order valence-electron chi connectivity index (χ1n) is 21.8. The van der Waals surface area contributed by atoms with Crippen LogP contribution in [0.15, 0.2) is 255 Å². The van der Waals surface area contributed by atoms with Crippen molar-refractivity contribution in [3.05, 3.63) is 255 Å². The Bertz CT molecular complexity index is 3500. The minimum absolute atomic E-state index is 1.14. The van der Waals surface area contributed by atoms with Crippen molar-refractivity contribution in [2.75, 3.05) is 0 Å². The third-order valence-electron chi connectivity index (χ3n) is 13.1. The topological polar surface area (TPSA) is 9.86 Å². The van der Waals surface area contributed by atoms with Gasteiger partial charge in [-0.2, -0.15) is 0 Å². The molecule has 0 radical (unpaired) electrons. The second-order valence-electron chi connectivity index (χ2n) is 16.4. The van der Waals surface area contributed by atoms with Gasteiger partial charge in [-0.1, -0.05) is 224 Å². The Kier molecular flexibility index (Phi) is 8.87. The van der Waals surface area contributed by atoms with Gasteiger partial charge in [0.15, 0.2) is 8.07 Å². The van der Waals surface area contributed by atoms with Crippen molar-refractivity contribution in [3.8, 4) is 33.6 Å². The highest BCUT2D eigenvalue weighted by Gasteiger charge is 2.43. The predicted molar refractivity (Wildman–Crippen MR) is 270 cm³/mol. The molecule has 2 heterocycles.